The van der Waals surface area contributed by atoms with Gasteiger partial charge in [0.05, 0.1) is 21.9 Å². The van der Waals surface area contributed by atoms with Crippen molar-refractivity contribution in [3.05, 3.63) is 228 Å². The number of amides is 2. The lowest BCUT2D eigenvalue weighted by Gasteiger charge is -2.17. The second-order valence-corrected chi connectivity index (χ2v) is 35.6. The van der Waals surface area contributed by atoms with Gasteiger partial charge in [0.1, 0.15) is 93.2 Å². The van der Waals surface area contributed by atoms with E-state index in [0.717, 1.165) is 66.2 Å². The fourth-order valence-corrected chi connectivity index (χ4v) is 16.2. The number of Topliss-reactive ketones (excluding diaryl/α,β-unsaturated/α-hetero) is 1. The van der Waals surface area contributed by atoms with Crippen LogP contribution in [-0.2, 0) is 58.9 Å². The number of primary amides is 2. The van der Waals surface area contributed by atoms with Crippen molar-refractivity contribution in [2.45, 2.75) is 183 Å². The van der Waals surface area contributed by atoms with Crippen molar-refractivity contribution in [1.29, 1.82) is 0 Å². The Kier molecular flexibility index (Phi) is 34.9. The predicted octanol–water partition coefficient (Wildman–Crippen LogP) is 17.2. The van der Waals surface area contributed by atoms with Gasteiger partial charge in [0.25, 0.3) is 11.8 Å². The second kappa shape index (κ2) is 43.5. The lowest BCUT2D eigenvalue weighted by Crippen LogP contribution is -2.29. The molecule has 0 saturated carbocycles. The van der Waals surface area contributed by atoms with Gasteiger partial charge in [-0.05, 0) is 240 Å². The minimum atomic E-state index is -2.02. The van der Waals surface area contributed by atoms with Crippen molar-refractivity contribution in [2.24, 2.45) is 17.2 Å². The monoisotopic (exact) mass is 1770 g/mol. The normalized spacial score (nSPS) is 12.3. The fourth-order valence-electron chi connectivity index (χ4n) is 13.7. The molecule has 1 aromatic heterocycles. The number of aromatic nitrogens is 3. The van der Waals surface area contributed by atoms with Gasteiger partial charge in [0.2, 0.25) is 11.6 Å². The first kappa shape index (κ1) is 97.9. The van der Waals surface area contributed by atoms with Crippen molar-refractivity contribution < 1.29 is 79.9 Å². The summed E-state index contributed by atoms with van der Waals surface area (Å²) in [6.07, 6.45) is 10.4. The number of phenolic OH excluding ortho intramolecular Hbond substituents is 12. The molecule has 10 aromatic rings. The van der Waals surface area contributed by atoms with Gasteiger partial charge in [-0.2, -0.15) is 0 Å². The maximum atomic E-state index is 13.1. The van der Waals surface area contributed by atoms with Crippen LogP contribution in [0.2, 0.25) is 0 Å². The number of fused-ring (bicyclic) bond motifs is 3. The Morgan fingerprint density at radius 3 is 1.33 bits per heavy atom. The van der Waals surface area contributed by atoms with Crippen LogP contribution in [-0.4, -0.2) is 122 Å². The molecule has 1 heterocycles. The van der Waals surface area contributed by atoms with Crippen LogP contribution in [0.1, 0.15) is 243 Å². The zero-order valence-corrected chi connectivity index (χ0v) is 75.3. The van der Waals surface area contributed by atoms with Crippen LogP contribution in [0.3, 0.4) is 0 Å². The lowest BCUT2D eigenvalue weighted by atomic mass is 9.96. The zero-order valence-electron chi connectivity index (χ0n) is 70.3. The van der Waals surface area contributed by atoms with Crippen LogP contribution in [0.5, 0.6) is 69.0 Å². The molecule has 0 spiro atoms. The molecular formula is C92H108N8O16S6. The molecule has 0 saturated heterocycles. The number of thiocarbonyl (C=S) groups is 4. The number of hydrogen-bond donors (Lipinski definition) is 18. The average molecular weight is 1770 g/mol. The summed E-state index contributed by atoms with van der Waals surface area (Å²) >= 11 is 25.0. The minimum Gasteiger partial charge on any atom is -0.508 e. The molecule has 13 rings (SSSR count). The van der Waals surface area contributed by atoms with E-state index in [0.29, 0.717) is 54.1 Å². The highest BCUT2D eigenvalue weighted by Gasteiger charge is 2.29. The lowest BCUT2D eigenvalue weighted by molar-refractivity contribution is -0.135. The van der Waals surface area contributed by atoms with Crippen LogP contribution >= 0.6 is 61.5 Å². The van der Waals surface area contributed by atoms with Gasteiger partial charge in [-0.3, -0.25) is 19.0 Å². The van der Waals surface area contributed by atoms with E-state index in [1.807, 2.05) is 113 Å². The topological polar surface area (TPSA) is 458 Å². The number of aryl methyl sites for hydroxylation is 6. The predicted molar refractivity (Wildman–Crippen MR) is 501 cm³/mol. The molecule has 0 radical (unpaired) electrons. The molecule has 2 amide bonds. The number of benzene rings is 9. The highest BCUT2D eigenvalue weighted by Crippen LogP contribution is 2.43. The number of ketones is 1. The summed E-state index contributed by atoms with van der Waals surface area (Å²) in [5.41, 5.74) is 37.3. The highest BCUT2D eigenvalue weighted by atomic mass is 32.2. The van der Waals surface area contributed by atoms with E-state index < -0.39 is 28.4 Å². The maximum Gasteiger partial charge on any atom is 0.287 e. The Morgan fingerprint density at radius 1 is 0.451 bits per heavy atom. The molecule has 1 unspecified atom stereocenters. The number of hydrogen-bond acceptors (Lipinski definition) is 24. The zero-order chi connectivity index (χ0) is 90.9. The summed E-state index contributed by atoms with van der Waals surface area (Å²) in [5.74, 6) is -1.97. The molecule has 0 aliphatic heterocycles. The Labute approximate surface area is 740 Å². The van der Waals surface area contributed by atoms with Gasteiger partial charge < -0.3 is 89.5 Å². The molecule has 3 aliphatic carbocycles. The van der Waals surface area contributed by atoms with Crippen LogP contribution in [0.15, 0.2) is 127 Å². The first-order chi connectivity index (χ1) is 57.3. The SMILES string of the molecule is CC(C)c1cc(-c2nnc(C(N)=O)n2-c2ccc3c(c2)CCC3)c(O)cc1O.CC(C)c1cc(C(=S)Nc2ccc3c(c2)CCC3)c(O)cc1O.CC(C)c1cc(C(=S)S)c(O)cc1O.CC(C)c1ccc(O)cc1O.Cc1c(O)c(C(=S)S(=O)C(=S)c2cc(C(C)C)c(O)cc2O)cc(C(C)C)c1O.NCC(=O)C(N)=O.Nc1ccc2c(c1)CCC2. The third kappa shape index (κ3) is 24.8. The van der Waals surface area contributed by atoms with Gasteiger partial charge in [0.15, 0.2) is 5.82 Å². The van der Waals surface area contributed by atoms with Crippen LogP contribution in [0.25, 0.3) is 17.1 Å². The van der Waals surface area contributed by atoms with Gasteiger partial charge in [0, 0.05) is 69.6 Å². The molecule has 24 nitrogen and oxygen atoms in total. The number of nitrogens with one attached hydrogen (secondary N) is 1. The standard InChI is InChI=1S/C21H22N4O3.C21H24O5S3.C19H21NO2S.C10H12O2S2.C9H11N.C9H12O2.C3H6N2O2/c1-11(2)15-9-16(18(27)10-17(15)26)20-23-24-21(19(22)28)25(20)14-7-6-12-4-3-5-13(12)8-14;1-9(2)12-6-14(17(23)8-16(12)22)20(27)29(26)21(28)15-7-13(10(3)4)18(24)11(5)19(15)25;1-11(2)15-9-16(18(22)10-17(15)21)19(23)20-14-7-6-12-4-3-5-13(12)8-14;1-5(2)6-3-7(10(13)14)9(12)4-8(6)11;10-9-5-4-7-2-1-3-8(7)6-9;1-6(2)8-4-3-7(10)5-9(8)11;4-1-2(6)3(5)7/h6-11,26-27H,3-5H2,1-2H3,(H2,22,28);6-10,22-25H,1-5H3;6-11,21-22H,3-5H2,1-2H3,(H,20,23);3-5,11-12H,1-2H3,(H,13,14);4-6H,1-3,10H2;3-6,10-11H,1-2H3;1,4H2,(H2,5,7). The maximum absolute atomic E-state index is 13.1. The Hall–Kier alpha value is -11.3. The smallest absolute Gasteiger partial charge is 0.287 e. The van der Waals surface area contributed by atoms with E-state index in [9.17, 15) is 74.8 Å². The second-order valence-electron chi connectivity index (χ2n) is 31.4. The third-order valence-electron chi connectivity index (χ3n) is 20.5. The largest absolute Gasteiger partial charge is 0.508 e. The number of carbonyl (C=O) groups excluding carboxylic acids is 3. The van der Waals surface area contributed by atoms with Gasteiger partial charge in [-0.15, -0.1) is 22.8 Å². The summed E-state index contributed by atoms with van der Waals surface area (Å²) in [6, 6.07) is 36.4. The quantitative estimate of drug-likeness (QED) is 0.0185. The summed E-state index contributed by atoms with van der Waals surface area (Å²) in [4.78, 5) is 32.1. The number of aromatic hydroxyl groups is 12. The summed E-state index contributed by atoms with van der Waals surface area (Å²) in [6.45, 7) is 24.5. The molecule has 0 bridgehead atoms. The van der Waals surface area contributed by atoms with Crippen molar-refractivity contribution in [2.75, 3.05) is 17.6 Å². The Morgan fingerprint density at radius 2 is 0.861 bits per heavy atom. The first-order valence-corrected chi connectivity index (χ1v) is 42.8. The number of thiol groups is 1. The van der Waals surface area contributed by atoms with E-state index >= 15 is 0 Å². The molecule has 122 heavy (non-hydrogen) atoms. The van der Waals surface area contributed by atoms with Crippen molar-refractivity contribution >= 4 is 119 Å². The first-order valence-electron chi connectivity index (χ1n) is 39.5. The summed E-state index contributed by atoms with van der Waals surface area (Å²) in [5, 5.41) is 130. The van der Waals surface area contributed by atoms with E-state index in [2.05, 4.69) is 58.1 Å². The van der Waals surface area contributed by atoms with Gasteiger partial charge in [-0.1, -0.05) is 156 Å². The number of carbonyl (C=O) groups is 3. The van der Waals surface area contributed by atoms with E-state index in [1.54, 1.807) is 41.8 Å². The van der Waals surface area contributed by atoms with Crippen LogP contribution in [0, 0.1) is 6.92 Å². The molecule has 648 valence electrons. The molecule has 0 fully saturated rings. The van der Waals surface area contributed by atoms with E-state index in [1.165, 1.54) is 95.5 Å². The summed E-state index contributed by atoms with van der Waals surface area (Å²) in [7, 11) is -2.02. The van der Waals surface area contributed by atoms with E-state index in [-0.39, 0.29) is 142 Å². The van der Waals surface area contributed by atoms with Gasteiger partial charge >= 0.3 is 0 Å². The third-order valence-corrected chi connectivity index (χ3v) is 23.8. The number of rotatable bonds is 16. The number of nitrogens with zero attached hydrogens (tertiary/aromatic N) is 3. The van der Waals surface area contributed by atoms with E-state index in [4.69, 9.17) is 71.2 Å². The van der Waals surface area contributed by atoms with Crippen LogP contribution < -0.4 is 28.3 Å². The van der Waals surface area contributed by atoms with Crippen LogP contribution in [0.4, 0.5) is 11.4 Å². The molecule has 1 atom stereocenters. The molecule has 3 aliphatic rings. The number of phenols is 12. The number of nitrogen functional groups attached to an aromatic ring is 1. The average Bonchev–Trinajstić information content (AvgIpc) is 1.60. The van der Waals surface area contributed by atoms with Crippen molar-refractivity contribution in [3.8, 4) is 86.1 Å². The van der Waals surface area contributed by atoms with Crippen molar-refractivity contribution in [1.82, 2.24) is 14.8 Å². The molecule has 21 N–H and O–H groups in total. The Bertz CT molecular complexity index is 5630. The fraction of sp³-hybridized carbons (Fsp3) is 0.315. The Balaban J connectivity index is 0.000000205. The van der Waals surface area contributed by atoms with Gasteiger partial charge in [-0.25, -0.2) is 4.21 Å². The minimum absolute atomic E-state index is 0.00785. The number of nitrogens with two attached hydrogens (primary N) is 4. The molecule has 9 aromatic carbocycles. The van der Waals surface area contributed by atoms with Crippen molar-refractivity contribution in [3.63, 3.8) is 0 Å². The number of anilines is 2. The summed E-state index contributed by atoms with van der Waals surface area (Å²) < 4.78 is 14.8. The highest BCUT2D eigenvalue weighted by molar-refractivity contribution is 8.29. The molecule has 30 heteroatoms. The molecular weight excluding hydrogens is 1670 g/mol.